The van der Waals surface area contributed by atoms with Crippen molar-refractivity contribution in [2.45, 2.75) is 25.1 Å². The Labute approximate surface area is 115 Å². The summed E-state index contributed by atoms with van der Waals surface area (Å²) in [6.07, 6.45) is -6.85. The Morgan fingerprint density at radius 1 is 1.24 bits per heavy atom. The van der Waals surface area contributed by atoms with Crippen LogP contribution in [0.1, 0.15) is 18.1 Å². The van der Waals surface area contributed by atoms with Crippen molar-refractivity contribution in [3.63, 3.8) is 0 Å². The van der Waals surface area contributed by atoms with Crippen LogP contribution in [0.3, 0.4) is 0 Å². The molecule has 0 bridgehead atoms. The van der Waals surface area contributed by atoms with Gasteiger partial charge in [-0.05, 0) is 24.3 Å². The van der Waals surface area contributed by atoms with E-state index < -0.39 is 35.3 Å². The predicted octanol–water partition coefficient (Wildman–Crippen LogP) is 3.59. The van der Waals surface area contributed by atoms with E-state index in [4.69, 9.17) is 5.11 Å². The van der Waals surface area contributed by atoms with E-state index in [-0.39, 0.29) is 11.3 Å². The Hall–Kier alpha value is -2.12. The van der Waals surface area contributed by atoms with Crippen LogP contribution in [-0.4, -0.2) is 23.4 Å². The number of halogens is 5. The van der Waals surface area contributed by atoms with E-state index in [0.717, 1.165) is 18.2 Å². The first-order valence-electron chi connectivity index (χ1n) is 5.71. The third kappa shape index (κ3) is 2.98. The number of aliphatic carboxylic acids is 1. The Bertz CT molecular complexity index is 613. The van der Waals surface area contributed by atoms with Crippen LogP contribution in [0.2, 0.25) is 0 Å². The summed E-state index contributed by atoms with van der Waals surface area (Å²) in [7, 11) is 0. The normalized spacial score (nSPS) is 18.6. The zero-order valence-corrected chi connectivity index (χ0v) is 10.5. The lowest BCUT2D eigenvalue weighted by Crippen LogP contribution is -2.40. The third-order valence-electron chi connectivity index (χ3n) is 2.90. The minimum absolute atomic E-state index is 0.132. The molecule has 1 unspecified atom stereocenters. The van der Waals surface area contributed by atoms with Crippen molar-refractivity contribution in [2.75, 3.05) is 0 Å². The molecule has 0 fully saturated rings. The highest BCUT2D eigenvalue weighted by Crippen LogP contribution is 2.39. The van der Waals surface area contributed by atoms with Crippen LogP contribution in [0.25, 0.3) is 6.08 Å². The molecule has 0 aliphatic carbocycles. The second kappa shape index (κ2) is 4.71. The average molecular weight is 308 g/mol. The van der Waals surface area contributed by atoms with Crippen molar-refractivity contribution in [2.24, 2.45) is 0 Å². The standard InChI is InChI=1S/C13H9F5O3/c1-12(14,15)7-2-3-9-6(4-7)5-8(11(19)20)10(21-9)13(16,17)18/h2-5,10H,1H3,(H,19,20). The van der Waals surface area contributed by atoms with Gasteiger partial charge in [0.1, 0.15) is 5.75 Å². The monoisotopic (exact) mass is 308 g/mol. The minimum Gasteiger partial charge on any atom is -0.478 e. The second-order valence-corrected chi connectivity index (χ2v) is 4.59. The molecular formula is C13H9F5O3. The Morgan fingerprint density at radius 3 is 2.33 bits per heavy atom. The van der Waals surface area contributed by atoms with Gasteiger partial charge in [0, 0.05) is 18.1 Å². The highest BCUT2D eigenvalue weighted by Gasteiger charge is 2.48. The van der Waals surface area contributed by atoms with Crippen LogP contribution >= 0.6 is 0 Å². The molecule has 0 saturated carbocycles. The van der Waals surface area contributed by atoms with Crippen LogP contribution in [0.4, 0.5) is 22.0 Å². The number of ether oxygens (including phenoxy) is 1. The summed E-state index contributed by atoms with van der Waals surface area (Å²) in [5, 5.41) is 8.83. The van der Waals surface area contributed by atoms with Gasteiger partial charge in [-0.15, -0.1) is 0 Å². The molecule has 0 amide bonds. The molecule has 1 aromatic carbocycles. The van der Waals surface area contributed by atoms with Gasteiger partial charge in [0.2, 0.25) is 6.10 Å². The van der Waals surface area contributed by atoms with Crippen molar-refractivity contribution < 1.29 is 36.6 Å². The summed E-state index contributed by atoms with van der Waals surface area (Å²) >= 11 is 0. The fourth-order valence-electron chi connectivity index (χ4n) is 1.89. The highest BCUT2D eigenvalue weighted by atomic mass is 19.4. The summed E-state index contributed by atoms with van der Waals surface area (Å²) in [6, 6.07) is 2.81. The molecule has 21 heavy (non-hydrogen) atoms. The van der Waals surface area contributed by atoms with E-state index in [1.54, 1.807) is 0 Å². The first-order chi connectivity index (χ1) is 9.50. The fraction of sp³-hybridized carbons (Fsp3) is 0.308. The molecule has 1 aromatic rings. The highest BCUT2D eigenvalue weighted by molar-refractivity contribution is 5.95. The van der Waals surface area contributed by atoms with Crippen LogP contribution in [0, 0.1) is 0 Å². The summed E-state index contributed by atoms with van der Waals surface area (Å²) < 4.78 is 69.3. The molecule has 0 aromatic heterocycles. The molecule has 114 valence electrons. The molecular weight excluding hydrogens is 299 g/mol. The number of carboxylic acid groups (broad SMARTS) is 1. The third-order valence-corrected chi connectivity index (χ3v) is 2.90. The van der Waals surface area contributed by atoms with Gasteiger partial charge in [-0.3, -0.25) is 0 Å². The maximum absolute atomic E-state index is 13.2. The van der Waals surface area contributed by atoms with Crippen molar-refractivity contribution in [1.29, 1.82) is 0 Å². The number of benzene rings is 1. The van der Waals surface area contributed by atoms with E-state index in [1.165, 1.54) is 0 Å². The van der Waals surface area contributed by atoms with E-state index in [2.05, 4.69) is 4.74 Å². The lowest BCUT2D eigenvalue weighted by Gasteiger charge is -2.27. The lowest BCUT2D eigenvalue weighted by atomic mass is 9.98. The van der Waals surface area contributed by atoms with E-state index in [0.29, 0.717) is 13.0 Å². The largest absolute Gasteiger partial charge is 0.478 e. The number of fused-ring (bicyclic) bond motifs is 1. The molecule has 8 heteroatoms. The van der Waals surface area contributed by atoms with Gasteiger partial charge in [0.25, 0.3) is 5.92 Å². The van der Waals surface area contributed by atoms with Crippen molar-refractivity contribution in [3.05, 3.63) is 34.9 Å². The molecule has 1 atom stereocenters. The lowest BCUT2D eigenvalue weighted by molar-refractivity contribution is -0.187. The summed E-state index contributed by atoms with van der Waals surface area (Å²) in [4.78, 5) is 10.9. The topological polar surface area (TPSA) is 46.5 Å². The molecule has 1 N–H and O–H groups in total. The SMILES string of the molecule is CC(F)(F)c1ccc2c(c1)C=C(C(=O)O)C(C(F)(F)F)O2. The Kier molecular flexibility index (Phi) is 3.43. The van der Waals surface area contributed by atoms with Gasteiger partial charge in [0.15, 0.2) is 0 Å². The number of hydrogen-bond acceptors (Lipinski definition) is 2. The first kappa shape index (κ1) is 15.3. The summed E-state index contributed by atoms with van der Waals surface area (Å²) in [6.45, 7) is 0.624. The molecule has 1 heterocycles. The second-order valence-electron chi connectivity index (χ2n) is 4.59. The van der Waals surface area contributed by atoms with E-state index in [1.807, 2.05) is 0 Å². The predicted molar refractivity (Wildman–Crippen MR) is 62.1 cm³/mol. The van der Waals surface area contributed by atoms with Gasteiger partial charge in [-0.1, -0.05) is 0 Å². The maximum Gasteiger partial charge on any atom is 0.430 e. The molecule has 2 rings (SSSR count). The molecule has 0 spiro atoms. The van der Waals surface area contributed by atoms with Crippen molar-refractivity contribution in [3.8, 4) is 5.75 Å². The van der Waals surface area contributed by atoms with Crippen LogP contribution in [0.15, 0.2) is 23.8 Å². The van der Waals surface area contributed by atoms with Gasteiger partial charge in [-0.2, -0.15) is 13.2 Å². The number of carboxylic acids is 1. The quantitative estimate of drug-likeness (QED) is 0.849. The Morgan fingerprint density at radius 2 is 1.86 bits per heavy atom. The van der Waals surface area contributed by atoms with Gasteiger partial charge < -0.3 is 9.84 Å². The van der Waals surface area contributed by atoms with Gasteiger partial charge in [0.05, 0.1) is 5.57 Å². The van der Waals surface area contributed by atoms with Crippen LogP contribution < -0.4 is 4.74 Å². The minimum atomic E-state index is -4.92. The number of rotatable bonds is 2. The fourth-order valence-corrected chi connectivity index (χ4v) is 1.89. The zero-order chi connectivity index (χ0) is 16.0. The summed E-state index contributed by atoms with van der Waals surface area (Å²) in [5.74, 6) is -5.32. The number of alkyl halides is 5. The van der Waals surface area contributed by atoms with Gasteiger partial charge >= 0.3 is 12.1 Å². The number of hydrogen-bond donors (Lipinski definition) is 1. The van der Waals surface area contributed by atoms with Crippen LogP contribution in [-0.2, 0) is 10.7 Å². The molecule has 1 aliphatic rings. The molecule has 3 nitrogen and oxygen atoms in total. The van der Waals surface area contributed by atoms with Crippen LogP contribution in [0.5, 0.6) is 5.75 Å². The zero-order valence-electron chi connectivity index (χ0n) is 10.5. The first-order valence-corrected chi connectivity index (χ1v) is 5.71. The molecule has 0 radical (unpaired) electrons. The summed E-state index contributed by atoms with van der Waals surface area (Å²) in [5.41, 5.74) is -1.63. The Balaban J connectivity index is 2.54. The van der Waals surface area contributed by atoms with E-state index in [9.17, 15) is 26.7 Å². The number of carbonyl (C=O) groups is 1. The maximum atomic E-state index is 13.2. The van der Waals surface area contributed by atoms with E-state index >= 15 is 0 Å². The molecule has 1 aliphatic heterocycles. The smallest absolute Gasteiger partial charge is 0.430 e. The average Bonchev–Trinajstić information content (AvgIpc) is 2.34. The molecule has 0 saturated heterocycles. The van der Waals surface area contributed by atoms with Crippen molar-refractivity contribution in [1.82, 2.24) is 0 Å². The van der Waals surface area contributed by atoms with Gasteiger partial charge in [-0.25, -0.2) is 13.6 Å². The van der Waals surface area contributed by atoms with Crippen molar-refractivity contribution >= 4 is 12.0 Å².